The second-order valence-electron chi connectivity index (χ2n) is 10.7. The summed E-state index contributed by atoms with van der Waals surface area (Å²) in [5.41, 5.74) is -1.26. The lowest BCUT2D eigenvalue weighted by Gasteiger charge is -2.36. The summed E-state index contributed by atoms with van der Waals surface area (Å²) >= 11 is 0. The van der Waals surface area contributed by atoms with Crippen LogP contribution in [-0.2, 0) is 19.1 Å². The molecule has 0 saturated carbocycles. The number of rotatable bonds is 4. The molecule has 2 fully saturated rings. The Morgan fingerprint density at radius 1 is 1.12 bits per heavy atom. The first-order valence-corrected chi connectivity index (χ1v) is 11.2. The van der Waals surface area contributed by atoms with Crippen LogP contribution in [0.2, 0.25) is 0 Å². The summed E-state index contributed by atoms with van der Waals surface area (Å²) in [5, 5.41) is 2.76. The van der Waals surface area contributed by atoms with Gasteiger partial charge in [-0.3, -0.25) is 9.59 Å². The van der Waals surface area contributed by atoms with Crippen LogP contribution in [0.15, 0.2) is 18.5 Å². The first kappa shape index (κ1) is 24.7. The molecule has 1 N–H and O–H groups in total. The molecule has 2 saturated heterocycles. The van der Waals surface area contributed by atoms with Crippen molar-refractivity contribution in [3.05, 3.63) is 18.5 Å². The van der Waals surface area contributed by atoms with Gasteiger partial charge in [0.25, 0.3) is 0 Å². The molecule has 0 spiro atoms. The standard InChI is InChI=1S/C23H35N5O5/c1-22(2,3)17(26-21(31)33-23(4,5)6)18(29)27-12-9-15-16(27)14(19(30)32-7)13-28(15)20-24-10-8-11-25-20/h8,10-11,14-17H,9,12-13H2,1-7H3,(H,26,31). The number of nitrogens with one attached hydrogen (secondary N) is 1. The van der Waals surface area contributed by atoms with Crippen LogP contribution in [-0.4, -0.2) is 76.8 Å². The largest absolute Gasteiger partial charge is 0.469 e. The topological polar surface area (TPSA) is 114 Å². The summed E-state index contributed by atoms with van der Waals surface area (Å²) in [6.45, 7) is 11.8. The van der Waals surface area contributed by atoms with Gasteiger partial charge in [-0.2, -0.15) is 0 Å². The number of hydrogen-bond acceptors (Lipinski definition) is 8. The highest BCUT2D eigenvalue weighted by atomic mass is 16.6. The Kier molecular flexibility index (Phi) is 6.85. The maximum Gasteiger partial charge on any atom is 0.408 e. The van der Waals surface area contributed by atoms with Gasteiger partial charge in [0.1, 0.15) is 11.6 Å². The van der Waals surface area contributed by atoms with E-state index in [1.54, 1.807) is 44.1 Å². The van der Waals surface area contributed by atoms with E-state index in [0.717, 1.165) is 0 Å². The van der Waals surface area contributed by atoms with Crippen molar-refractivity contribution in [2.45, 2.75) is 71.7 Å². The molecule has 0 aliphatic carbocycles. The van der Waals surface area contributed by atoms with Crippen molar-refractivity contribution in [2.24, 2.45) is 11.3 Å². The number of carbonyl (C=O) groups is 3. The lowest BCUT2D eigenvalue weighted by atomic mass is 9.85. The molecule has 3 rings (SSSR count). The van der Waals surface area contributed by atoms with Crippen LogP contribution in [0, 0.1) is 11.3 Å². The van der Waals surface area contributed by atoms with Gasteiger partial charge < -0.3 is 24.6 Å². The van der Waals surface area contributed by atoms with Crippen LogP contribution >= 0.6 is 0 Å². The minimum atomic E-state index is -0.827. The molecular weight excluding hydrogens is 426 g/mol. The van der Waals surface area contributed by atoms with Gasteiger partial charge in [0, 0.05) is 25.5 Å². The maximum absolute atomic E-state index is 13.8. The van der Waals surface area contributed by atoms with E-state index >= 15 is 0 Å². The number of carbonyl (C=O) groups excluding carboxylic acids is 3. The molecule has 10 nitrogen and oxygen atoms in total. The number of hydrogen-bond donors (Lipinski definition) is 1. The van der Waals surface area contributed by atoms with Gasteiger partial charge in [0.05, 0.1) is 25.1 Å². The molecule has 0 bridgehead atoms. The maximum atomic E-state index is 13.8. The molecule has 2 aliphatic rings. The predicted octanol–water partition coefficient (Wildman–Crippen LogP) is 1.99. The lowest BCUT2D eigenvalue weighted by molar-refractivity contribution is -0.148. The highest BCUT2D eigenvalue weighted by molar-refractivity contribution is 5.88. The molecule has 3 heterocycles. The van der Waals surface area contributed by atoms with Crippen LogP contribution in [0.4, 0.5) is 10.7 Å². The highest BCUT2D eigenvalue weighted by Gasteiger charge is 2.55. The molecule has 1 aromatic heterocycles. The fourth-order valence-corrected chi connectivity index (χ4v) is 4.61. The molecule has 33 heavy (non-hydrogen) atoms. The van der Waals surface area contributed by atoms with E-state index in [9.17, 15) is 14.4 Å². The van der Waals surface area contributed by atoms with Crippen LogP contribution in [0.25, 0.3) is 0 Å². The summed E-state index contributed by atoms with van der Waals surface area (Å²) in [5.74, 6) is -0.647. The minimum absolute atomic E-state index is 0.123. The number of likely N-dealkylation sites (tertiary alicyclic amines) is 1. The Labute approximate surface area is 195 Å². The number of amides is 2. The van der Waals surface area contributed by atoms with Crippen LogP contribution < -0.4 is 10.2 Å². The van der Waals surface area contributed by atoms with E-state index in [4.69, 9.17) is 9.47 Å². The lowest BCUT2D eigenvalue weighted by Crippen LogP contribution is -2.58. The zero-order chi connectivity index (χ0) is 24.6. The summed E-state index contributed by atoms with van der Waals surface area (Å²) in [7, 11) is 1.35. The predicted molar refractivity (Wildman–Crippen MR) is 121 cm³/mol. The monoisotopic (exact) mass is 461 g/mol. The van der Waals surface area contributed by atoms with Crippen LogP contribution in [0.3, 0.4) is 0 Å². The molecule has 2 aliphatic heterocycles. The van der Waals surface area contributed by atoms with Crippen LogP contribution in [0.5, 0.6) is 0 Å². The van der Waals surface area contributed by atoms with Crippen molar-refractivity contribution in [3.63, 3.8) is 0 Å². The zero-order valence-electron chi connectivity index (χ0n) is 20.5. The van der Waals surface area contributed by atoms with Crippen molar-refractivity contribution in [1.29, 1.82) is 0 Å². The number of alkyl carbamates (subject to hydrolysis) is 1. The van der Waals surface area contributed by atoms with Gasteiger partial charge in [-0.05, 0) is 38.7 Å². The number of aromatic nitrogens is 2. The van der Waals surface area contributed by atoms with Crippen molar-refractivity contribution in [1.82, 2.24) is 20.2 Å². The van der Waals surface area contributed by atoms with E-state index in [1.807, 2.05) is 25.7 Å². The molecule has 1 aromatic rings. The molecule has 0 aromatic carbocycles. The Morgan fingerprint density at radius 3 is 2.30 bits per heavy atom. The molecule has 10 heteroatoms. The normalized spacial score (nSPS) is 23.7. The van der Waals surface area contributed by atoms with Crippen LogP contribution in [0.1, 0.15) is 48.0 Å². The number of ether oxygens (including phenoxy) is 2. The van der Waals surface area contributed by atoms with Gasteiger partial charge in [-0.15, -0.1) is 0 Å². The Balaban J connectivity index is 1.88. The van der Waals surface area contributed by atoms with Crippen molar-refractivity contribution >= 4 is 23.9 Å². The first-order valence-electron chi connectivity index (χ1n) is 11.2. The highest BCUT2D eigenvalue weighted by Crippen LogP contribution is 2.39. The number of methoxy groups -OCH3 is 1. The number of anilines is 1. The Morgan fingerprint density at radius 2 is 1.76 bits per heavy atom. The van der Waals surface area contributed by atoms with Gasteiger partial charge in [-0.1, -0.05) is 20.8 Å². The van der Waals surface area contributed by atoms with Gasteiger partial charge in [0.2, 0.25) is 11.9 Å². The van der Waals surface area contributed by atoms with Crippen molar-refractivity contribution in [3.8, 4) is 0 Å². The summed E-state index contributed by atoms with van der Waals surface area (Å²) < 4.78 is 10.5. The first-order chi connectivity index (χ1) is 15.3. The minimum Gasteiger partial charge on any atom is -0.469 e. The fraction of sp³-hybridized carbons (Fsp3) is 0.696. The third kappa shape index (κ3) is 5.36. The molecule has 182 valence electrons. The van der Waals surface area contributed by atoms with E-state index in [2.05, 4.69) is 15.3 Å². The summed E-state index contributed by atoms with van der Waals surface area (Å²) in [6, 6.07) is 0.378. The third-order valence-corrected chi connectivity index (χ3v) is 6.00. The molecule has 4 unspecified atom stereocenters. The van der Waals surface area contributed by atoms with Gasteiger partial charge in [0.15, 0.2) is 0 Å². The molecule has 4 atom stereocenters. The zero-order valence-corrected chi connectivity index (χ0v) is 20.5. The average molecular weight is 462 g/mol. The number of nitrogens with zero attached hydrogens (tertiary/aromatic N) is 4. The quantitative estimate of drug-likeness (QED) is 0.677. The molecule has 0 radical (unpaired) electrons. The van der Waals surface area contributed by atoms with E-state index in [1.165, 1.54) is 7.11 Å². The van der Waals surface area contributed by atoms with Gasteiger partial charge in [-0.25, -0.2) is 14.8 Å². The summed E-state index contributed by atoms with van der Waals surface area (Å²) in [6.07, 6.45) is 3.31. The van der Waals surface area contributed by atoms with Crippen molar-refractivity contribution < 1.29 is 23.9 Å². The molecule has 2 amide bonds. The van der Waals surface area contributed by atoms with E-state index < -0.39 is 35.1 Å². The fourth-order valence-electron chi connectivity index (χ4n) is 4.61. The smallest absolute Gasteiger partial charge is 0.408 e. The summed E-state index contributed by atoms with van der Waals surface area (Å²) in [4.78, 5) is 51.4. The SMILES string of the molecule is COC(=O)C1CN(c2ncccn2)C2CCN(C(=O)C(NC(=O)OC(C)(C)C)C(C)(C)C)C12. The van der Waals surface area contributed by atoms with Crippen molar-refractivity contribution in [2.75, 3.05) is 25.1 Å². The molecular formula is C23H35N5O5. The second kappa shape index (κ2) is 9.15. The second-order valence-corrected chi connectivity index (χ2v) is 10.7. The number of fused-ring (bicyclic) bond motifs is 1. The van der Waals surface area contributed by atoms with Gasteiger partial charge >= 0.3 is 12.1 Å². The van der Waals surface area contributed by atoms with E-state index in [-0.39, 0.29) is 17.9 Å². The number of esters is 1. The van der Waals surface area contributed by atoms with E-state index in [0.29, 0.717) is 25.5 Å². The third-order valence-electron chi connectivity index (χ3n) is 6.00. The average Bonchev–Trinajstić information content (AvgIpc) is 3.30. The Bertz CT molecular complexity index is 879. The Hall–Kier alpha value is -2.91.